The molecule has 108 valence electrons. The Morgan fingerprint density at radius 2 is 1.78 bits per heavy atom. The molecular weight excluding hydrogens is 246 g/mol. The van der Waals surface area contributed by atoms with E-state index in [1.54, 1.807) is 0 Å². The van der Waals surface area contributed by atoms with Crippen LogP contribution in [0, 0.1) is 0 Å². The van der Waals surface area contributed by atoms with Gasteiger partial charge in [0, 0.05) is 6.04 Å². The van der Waals surface area contributed by atoms with Crippen LogP contribution in [0.2, 0.25) is 0 Å². The lowest BCUT2D eigenvalue weighted by atomic mass is 10.1. The quantitative estimate of drug-likeness (QED) is 0.574. The highest BCUT2D eigenvalue weighted by Gasteiger charge is 2.33. The lowest BCUT2D eigenvalue weighted by Crippen LogP contribution is -2.44. The zero-order valence-corrected chi connectivity index (χ0v) is 12.8. The zero-order chi connectivity index (χ0) is 13.4. The minimum absolute atomic E-state index is 0.142. The predicted molar refractivity (Wildman–Crippen MR) is 77.6 cm³/mol. The van der Waals surface area contributed by atoms with Crippen LogP contribution in [0.4, 0.5) is 0 Å². The largest absolute Gasteiger partial charge is 0.313 e. The van der Waals surface area contributed by atoms with Crippen molar-refractivity contribution in [3.63, 3.8) is 0 Å². The van der Waals surface area contributed by atoms with Crippen LogP contribution in [0.15, 0.2) is 0 Å². The Morgan fingerprint density at radius 3 is 2.44 bits per heavy atom. The van der Waals surface area contributed by atoms with Gasteiger partial charge in [-0.3, -0.25) is 0 Å². The summed E-state index contributed by atoms with van der Waals surface area (Å²) in [7, 11) is -2.91. The molecule has 3 nitrogen and oxygen atoms in total. The van der Waals surface area contributed by atoms with E-state index in [1.807, 2.05) is 0 Å². The fraction of sp³-hybridized carbons (Fsp3) is 1.00. The van der Waals surface area contributed by atoms with Crippen LogP contribution in [0.25, 0.3) is 0 Å². The second kappa shape index (κ2) is 8.16. The molecule has 0 bridgehead atoms. The van der Waals surface area contributed by atoms with Crippen molar-refractivity contribution < 1.29 is 8.42 Å². The molecule has 1 fully saturated rings. The average molecular weight is 275 g/mol. The van der Waals surface area contributed by atoms with Gasteiger partial charge in [-0.05, 0) is 25.8 Å². The topological polar surface area (TPSA) is 46.2 Å². The van der Waals surface area contributed by atoms with Crippen LogP contribution in [-0.2, 0) is 9.84 Å². The van der Waals surface area contributed by atoms with Crippen molar-refractivity contribution in [3.8, 4) is 0 Å². The van der Waals surface area contributed by atoms with E-state index >= 15 is 0 Å². The maximum Gasteiger partial charge on any atom is 0.154 e. The van der Waals surface area contributed by atoms with Gasteiger partial charge in [0.15, 0.2) is 9.84 Å². The van der Waals surface area contributed by atoms with E-state index in [2.05, 4.69) is 19.2 Å². The van der Waals surface area contributed by atoms with Crippen molar-refractivity contribution in [2.75, 3.05) is 12.3 Å². The Hall–Kier alpha value is -0.0900. The Kier molecular flexibility index (Phi) is 7.23. The molecule has 0 amide bonds. The fourth-order valence-corrected chi connectivity index (χ4v) is 5.07. The van der Waals surface area contributed by atoms with E-state index in [0.29, 0.717) is 5.75 Å². The SMILES string of the molecule is CCCCCS(=O)(=O)C1CCCCCC1NCC. The van der Waals surface area contributed by atoms with Crippen molar-refractivity contribution >= 4 is 9.84 Å². The van der Waals surface area contributed by atoms with Gasteiger partial charge in [-0.25, -0.2) is 8.42 Å². The number of sulfone groups is 1. The minimum atomic E-state index is -2.91. The first-order valence-corrected chi connectivity index (χ1v) is 9.28. The summed E-state index contributed by atoms with van der Waals surface area (Å²) in [5.74, 6) is 0.382. The molecule has 0 radical (unpaired) electrons. The third-order valence-electron chi connectivity index (χ3n) is 3.91. The molecule has 0 aromatic carbocycles. The van der Waals surface area contributed by atoms with Crippen LogP contribution in [0.5, 0.6) is 0 Å². The second-order valence-corrected chi connectivity index (χ2v) is 7.75. The highest BCUT2D eigenvalue weighted by Crippen LogP contribution is 2.25. The van der Waals surface area contributed by atoms with E-state index < -0.39 is 9.84 Å². The molecule has 1 saturated carbocycles. The van der Waals surface area contributed by atoms with Gasteiger partial charge in [0.25, 0.3) is 0 Å². The van der Waals surface area contributed by atoms with Crippen molar-refractivity contribution in [3.05, 3.63) is 0 Å². The zero-order valence-electron chi connectivity index (χ0n) is 12.0. The first-order valence-electron chi connectivity index (χ1n) is 7.56. The molecule has 0 aromatic rings. The van der Waals surface area contributed by atoms with Gasteiger partial charge in [-0.15, -0.1) is 0 Å². The highest BCUT2D eigenvalue weighted by molar-refractivity contribution is 7.92. The lowest BCUT2D eigenvalue weighted by Gasteiger charge is -2.25. The Morgan fingerprint density at radius 1 is 1.06 bits per heavy atom. The van der Waals surface area contributed by atoms with Crippen LogP contribution in [-0.4, -0.2) is 32.0 Å². The molecule has 0 spiro atoms. The molecule has 0 aromatic heterocycles. The third-order valence-corrected chi connectivity index (χ3v) is 6.26. The molecule has 2 unspecified atom stereocenters. The predicted octanol–water partition coefficient (Wildman–Crippen LogP) is 2.90. The van der Waals surface area contributed by atoms with Crippen molar-refractivity contribution in [2.45, 2.75) is 76.5 Å². The van der Waals surface area contributed by atoms with Crippen molar-refractivity contribution in [1.82, 2.24) is 5.32 Å². The van der Waals surface area contributed by atoms with Crippen molar-refractivity contribution in [1.29, 1.82) is 0 Å². The van der Waals surface area contributed by atoms with E-state index in [1.165, 1.54) is 12.8 Å². The Balaban J connectivity index is 2.67. The van der Waals surface area contributed by atoms with Gasteiger partial charge >= 0.3 is 0 Å². The molecule has 0 heterocycles. The first-order chi connectivity index (χ1) is 8.61. The first kappa shape index (κ1) is 16.0. The van der Waals surface area contributed by atoms with E-state index in [0.717, 1.165) is 45.1 Å². The molecule has 18 heavy (non-hydrogen) atoms. The van der Waals surface area contributed by atoms with Crippen LogP contribution in [0.1, 0.15) is 65.2 Å². The summed E-state index contributed by atoms with van der Waals surface area (Å²) in [4.78, 5) is 0. The van der Waals surface area contributed by atoms with Gasteiger partial charge in [-0.2, -0.15) is 0 Å². The van der Waals surface area contributed by atoms with Crippen molar-refractivity contribution in [2.24, 2.45) is 0 Å². The smallest absolute Gasteiger partial charge is 0.154 e. The second-order valence-electron chi connectivity index (χ2n) is 5.41. The summed E-state index contributed by atoms with van der Waals surface area (Å²) in [6, 6.07) is 0.184. The lowest BCUT2D eigenvalue weighted by molar-refractivity contribution is 0.459. The van der Waals surface area contributed by atoms with E-state index in [9.17, 15) is 8.42 Å². The molecule has 2 atom stereocenters. The normalized spacial score (nSPS) is 25.9. The molecule has 0 saturated heterocycles. The van der Waals surface area contributed by atoms with Gasteiger partial charge < -0.3 is 5.32 Å². The average Bonchev–Trinajstić information content (AvgIpc) is 2.56. The molecule has 1 aliphatic carbocycles. The standard InChI is InChI=1S/C14H29NO2S/c1-3-5-9-12-18(16,17)14-11-8-6-7-10-13(14)15-4-2/h13-15H,3-12H2,1-2H3. The fourth-order valence-electron chi connectivity index (χ4n) is 2.90. The van der Waals surface area contributed by atoms with Gasteiger partial charge in [-0.1, -0.05) is 46.0 Å². The molecule has 1 N–H and O–H groups in total. The highest BCUT2D eigenvalue weighted by atomic mass is 32.2. The molecule has 1 rings (SSSR count). The molecular formula is C14H29NO2S. The Labute approximate surface area is 113 Å². The molecule has 0 aliphatic heterocycles. The maximum absolute atomic E-state index is 12.5. The summed E-state index contributed by atoms with van der Waals surface area (Å²) in [6.07, 6.45) is 8.22. The number of nitrogens with one attached hydrogen (secondary N) is 1. The van der Waals surface area contributed by atoms with Crippen LogP contribution >= 0.6 is 0 Å². The summed E-state index contributed by atoms with van der Waals surface area (Å²) in [5, 5.41) is 3.25. The maximum atomic E-state index is 12.5. The number of rotatable bonds is 7. The van der Waals surface area contributed by atoms with Gasteiger partial charge in [0.1, 0.15) is 0 Å². The van der Waals surface area contributed by atoms with Gasteiger partial charge in [0.05, 0.1) is 11.0 Å². The monoisotopic (exact) mass is 275 g/mol. The van der Waals surface area contributed by atoms with E-state index in [4.69, 9.17) is 0 Å². The van der Waals surface area contributed by atoms with E-state index in [-0.39, 0.29) is 11.3 Å². The molecule has 1 aliphatic rings. The number of hydrogen-bond donors (Lipinski definition) is 1. The Bertz CT molecular complexity index is 314. The third kappa shape index (κ3) is 4.88. The summed E-state index contributed by atoms with van der Waals surface area (Å²) in [6.45, 7) is 5.04. The molecule has 4 heteroatoms. The summed E-state index contributed by atoms with van der Waals surface area (Å²) in [5.41, 5.74) is 0. The number of hydrogen-bond acceptors (Lipinski definition) is 3. The summed E-state index contributed by atoms with van der Waals surface area (Å²) >= 11 is 0. The number of unbranched alkanes of at least 4 members (excludes halogenated alkanes) is 2. The van der Waals surface area contributed by atoms with Crippen LogP contribution in [0.3, 0.4) is 0 Å². The van der Waals surface area contributed by atoms with Crippen LogP contribution < -0.4 is 5.32 Å². The minimum Gasteiger partial charge on any atom is -0.313 e. The van der Waals surface area contributed by atoms with Gasteiger partial charge in [0.2, 0.25) is 0 Å². The summed E-state index contributed by atoms with van der Waals surface area (Å²) < 4.78 is 24.9.